The first kappa shape index (κ1) is 14.4. The Morgan fingerprint density at radius 3 is 2.69 bits per heavy atom. The molecule has 0 amide bonds. The van der Waals surface area contributed by atoms with Crippen LogP contribution in [0.15, 0.2) is 12.1 Å². The van der Waals surface area contributed by atoms with E-state index in [4.69, 9.17) is 11.6 Å². The third kappa shape index (κ3) is 5.58. The molecule has 1 aromatic rings. The van der Waals surface area contributed by atoms with Crippen LogP contribution in [-0.2, 0) is 6.42 Å². The molecule has 2 atom stereocenters. The number of nitrogens with one attached hydrogen (secondary N) is 1. The number of thiophene rings is 1. The Labute approximate surface area is 112 Å². The summed E-state index contributed by atoms with van der Waals surface area (Å²) in [5.41, 5.74) is 0. The molecule has 1 rings (SSSR count). The third-order valence-electron chi connectivity index (χ3n) is 2.44. The fourth-order valence-electron chi connectivity index (χ4n) is 1.71. The lowest BCUT2D eigenvalue weighted by Gasteiger charge is -2.18. The first-order chi connectivity index (χ1) is 7.61. The lowest BCUT2D eigenvalue weighted by Crippen LogP contribution is -2.36. The minimum Gasteiger partial charge on any atom is -0.311 e. The van der Waals surface area contributed by atoms with Gasteiger partial charge in [0.05, 0.1) is 4.34 Å². The van der Waals surface area contributed by atoms with Crippen LogP contribution >= 0.6 is 34.7 Å². The van der Waals surface area contributed by atoms with Crippen molar-refractivity contribution < 1.29 is 0 Å². The van der Waals surface area contributed by atoms with Gasteiger partial charge in [0, 0.05) is 22.7 Å². The van der Waals surface area contributed by atoms with Crippen molar-refractivity contribution in [3.05, 3.63) is 21.3 Å². The highest BCUT2D eigenvalue weighted by Crippen LogP contribution is 2.22. The lowest BCUT2D eigenvalue weighted by atomic mass is 10.1. The molecular weight excluding hydrogens is 258 g/mol. The minimum absolute atomic E-state index is 0.572. The van der Waals surface area contributed by atoms with Crippen molar-refractivity contribution >= 4 is 34.7 Å². The number of hydrogen-bond acceptors (Lipinski definition) is 3. The molecule has 0 saturated carbocycles. The maximum atomic E-state index is 5.90. The molecule has 16 heavy (non-hydrogen) atoms. The van der Waals surface area contributed by atoms with Crippen LogP contribution in [-0.4, -0.2) is 24.1 Å². The predicted octanol–water partition coefficient (Wildman–Crippen LogP) is 4.06. The summed E-state index contributed by atoms with van der Waals surface area (Å²) in [5, 5.41) is 3.61. The molecule has 0 saturated heterocycles. The van der Waals surface area contributed by atoms with Gasteiger partial charge < -0.3 is 5.32 Å². The van der Waals surface area contributed by atoms with E-state index in [0.29, 0.717) is 12.1 Å². The summed E-state index contributed by atoms with van der Waals surface area (Å²) in [6.45, 7) is 4.50. The zero-order valence-corrected chi connectivity index (χ0v) is 12.5. The van der Waals surface area contributed by atoms with E-state index >= 15 is 0 Å². The van der Waals surface area contributed by atoms with Gasteiger partial charge in [0.25, 0.3) is 0 Å². The first-order valence-corrected chi connectivity index (χ1v) is 8.20. The van der Waals surface area contributed by atoms with Crippen LogP contribution in [0, 0.1) is 0 Å². The minimum atomic E-state index is 0.572. The largest absolute Gasteiger partial charge is 0.311 e. The molecule has 0 aliphatic carbocycles. The van der Waals surface area contributed by atoms with Gasteiger partial charge in [-0.05, 0) is 45.1 Å². The second-order valence-electron chi connectivity index (χ2n) is 4.17. The van der Waals surface area contributed by atoms with E-state index in [1.54, 1.807) is 11.3 Å². The van der Waals surface area contributed by atoms with Crippen LogP contribution in [0.2, 0.25) is 4.34 Å². The highest BCUT2D eigenvalue weighted by molar-refractivity contribution is 7.98. The Hall–Kier alpha value is 0.300. The fraction of sp³-hybridized carbons (Fsp3) is 0.667. The highest BCUT2D eigenvalue weighted by atomic mass is 35.5. The molecule has 1 heterocycles. The van der Waals surface area contributed by atoms with Gasteiger partial charge >= 0.3 is 0 Å². The molecule has 1 N–H and O–H groups in total. The topological polar surface area (TPSA) is 12.0 Å². The van der Waals surface area contributed by atoms with Crippen molar-refractivity contribution in [2.75, 3.05) is 12.0 Å². The van der Waals surface area contributed by atoms with Crippen LogP contribution in [0.4, 0.5) is 0 Å². The van der Waals surface area contributed by atoms with Crippen molar-refractivity contribution in [1.29, 1.82) is 0 Å². The second-order valence-corrected chi connectivity index (χ2v) is 6.88. The Balaban J connectivity index is 2.22. The van der Waals surface area contributed by atoms with Gasteiger partial charge in [-0.25, -0.2) is 0 Å². The average molecular weight is 278 g/mol. The molecule has 0 aliphatic heterocycles. The smallest absolute Gasteiger partial charge is 0.0931 e. The predicted molar refractivity (Wildman–Crippen MR) is 78.1 cm³/mol. The maximum absolute atomic E-state index is 5.90. The summed E-state index contributed by atoms with van der Waals surface area (Å²) < 4.78 is 0.895. The summed E-state index contributed by atoms with van der Waals surface area (Å²) in [5.74, 6) is 1.18. The molecule has 0 aromatic carbocycles. The zero-order valence-electron chi connectivity index (χ0n) is 10.1. The van der Waals surface area contributed by atoms with Gasteiger partial charge in [-0.3, -0.25) is 0 Å². The Bertz CT molecular complexity index is 301. The Morgan fingerprint density at radius 2 is 2.12 bits per heavy atom. The standard InChI is InChI=1S/C12H20ClNS2/c1-9(14-10(2)8-15-3)4-5-11-6-7-12(13)16-11/h6-7,9-10,14H,4-5,8H2,1-3H3. The van der Waals surface area contributed by atoms with Crippen molar-refractivity contribution in [2.24, 2.45) is 0 Å². The van der Waals surface area contributed by atoms with E-state index in [2.05, 4.69) is 31.5 Å². The monoisotopic (exact) mass is 277 g/mol. The summed E-state index contributed by atoms with van der Waals surface area (Å²) in [6.07, 6.45) is 4.45. The maximum Gasteiger partial charge on any atom is 0.0931 e. The van der Waals surface area contributed by atoms with E-state index in [0.717, 1.165) is 10.8 Å². The SMILES string of the molecule is CSCC(C)NC(C)CCc1ccc(Cl)s1. The highest BCUT2D eigenvalue weighted by Gasteiger charge is 2.07. The zero-order chi connectivity index (χ0) is 12.0. The molecule has 1 aromatic heterocycles. The number of hydrogen-bond donors (Lipinski definition) is 1. The van der Waals surface area contributed by atoms with Crippen molar-refractivity contribution in [3.8, 4) is 0 Å². The van der Waals surface area contributed by atoms with Crippen LogP contribution in [0.1, 0.15) is 25.1 Å². The fourth-order valence-corrected chi connectivity index (χ4v) is 3.41. The normalized spacial score (nSPS) is 15.0. The van der Waals surface area contributed by atoms with Crippen LogP contribution in [0.25, 0.3) is 0 Å². The van der Waals surface area contributed by atoms with Gasteiger partial charge in [0.2, 0.25) is 0 Å². The molecule has 4 heteroatoms. The van der Waals surface area contributed by atoms with Crippen LogP contribution in [0.5, 0.6) is 0 Å². The van der Waals surface area contributed by atoms with Crippen molar-refractivity contribution in [1.82, 2.24) is 5.32 Å². The van der Waals surface area contributed by atoms with E-state index in [1.807, 2.05) is 17.8 Å². The van der Waals surface area contributed by atoms with Gasteiger partial charge in [-0.15, -0.1) is 11.3 Å². The summed E-state index contributed by atoms with van der Waals surface area (Å²) in [7, 11) is 0. The van der Waals surface area contributed by atoms with E-state index in [9.17, 15) is 0 Å². The Kier molecular flexibility index (Phi) is 6.81. The average Bonchev–Trinajstić information content (AvgIpc) is 2.61. The van der Waals surface area contributed by atoms with Gasteiger partial charge in [0.15, 0.2) is 0 Å². The summed E-state index contributed by atoms with van der Waals surface area (Å²) in [6, 6.07) is 5.28. The van der Waals surface area contributed by atoms with Gasteiger partial charge in [-0.2, -0.15) is 11.8 Å². The quantitative estimate of drug-likeness (QED) is 0.807. The van der Waals surface area contributed by atoms with Crippen LogP contribution in [0.3, 0.4) is 0 Å². The molecule has 0 aliphatic rings. The number of thioether (sulfide) groups is 1. The molecule has 0 radical (unpaired) electrons. The third-order valence-corrected chi connectivity index (χ3v) is 4.56. The number of rotatable bonds is 7. The molecule has 1 nitrogen and oxygen atoms in total. The summed E-state index contributed by atoms with van der Waals surface area (Å²) in [4.78, 5) is 1.39. The number of aryl methyl sites for hydroxylation is 1. The van der Waals surface area contributed by atoms with Gasteiger partial charge in [-0.1, -0.05) is 11.6 Å². The van der Waals surface area contributed by atoms with Gasteiger partial charge in [0.1, 0.15) is 0 Å². The van der Waals surface area contributed by atoms with Crippen molar-refractivity contribution in [2.45, 2.75) is 38.8 Å². The molecular formula is C12H20ClNS2. The molecule has 0 fully saturated rings. The Morgan fingerprint density at radius 1 is 1.38 bits per heavy atom. The molecule has 2 unspecified atom stereocenters. The molecule has 92 valence electrons. The summed E-state index contributed by atoms with van der Waals surface area (Å²) >= 11 is 9.49. The van der Waals surface area contributed by atoms with E-state index in [1.165, 1.54) is 17.1 Å². The first-order valence-electron chi connectivity index (χ1n) is 5.61. The lowest BCUT2D eigenvalue weighted by molar-refractivity contribution is 0.470. The van der Waals surface area contributed by atoms with Crippen molar-refractivity contribution in [3.63, 3.8) is 0 Å². The van der Waals surface area contributed by atoms with E-state index < -0.39 is 0 Å². The molecule has 0 bridgehead atoms. The number of halogens is 1. The second kappa shape index (κ2) is 7.59. The molecule has 0 spiro atoms. The van der Waals surface area contributed by atoms with E-state index in [-0.39, 0.29) is 0 Å². The van der Waals surface area contributed by atoms with Crippen LogP contribution < -0.4 is 5.32 Å².